The van der Waals surface area contributed by atoms with Gasteiger partial charge in [-0.05, 0) is 36.4 Å². The van der Waals surface area contributed by atoms with Crippen molar-refractivity contribution in [3.05, 3.63) is 59.1 Å². The lowest BCUT2D eigenvalue weighted by molar-refractivity contribution is 0.0944. The van der Waals surface area contributed by atoms with Crippen LogP contribution < -0.4 is 5.32 Å². The molecule has 3 rings (SSSR count). The van der Waals surface area contributed by atoms with Gasteiger partial charge in [0.15, 0.2) is 0 Å². The van der Waals surface area contributed by atoms with E-state index in [1.165, 1.54) is 5.56 Å². The number of carbonyl (C=O) groups excluding carboxylic acids is 1. The average molecular weight is 312 g/mol. The van der Waals surface area contributed by atoms with Crippen LogP contribution in [0.2, 0.25) is 0 Å². The molecule has 0 radical (unpaired) electrons. The van der Waals surface area contributed by atoms with Crippen LogP contribution in [-0.4, -0.2) is 17.0 Å². The lowest BCUT2D eigenvalue weighted by Gasteiger charge is -2.18. The Morgan fingerprint density at radius 1 is 1.27 bits per heavy atom. The number of thiophene rings is 1. The smallest absolute Gasteiger partial charge is 0.267 e. The fourth-order valence-electron chi connectivity index (χ4n) is 2.75. The normalized spacial score (nSPS) is 12.5. The predicted molar refractivity (Wildman–Crippen MR) is 92.7 cm³/mol. The van der Waals surface area contributed by atoms with Crippen molar-refractivity contribution in [2.75, 3.05) is 6.54 Å². The first-order chi connectivity index (χ1) is 10.7. The molecule has 2 heterocycles. The van der Waals surface area contributed by atoms with Gasteiger partial charge < -0.3 is 9.88 Å². The van der Waals surface area contributed by atoms with E-state index in [-0.39, 0.29) is 11.9 Å². The lowest BCUT2D eigenvalue weighted by Crippen LogP contribution is -2.27. The summed E-state index contributed by atoms with van der Waals surface area (Å²) in [5.41, 5.74) is 3.07. The van der Waals surface area contributed by atoms with Crippen molar-refractivity contribution in [1.29, 1.82) is 0 Å². The third-order valence-corrected chi connectivity index (χ3v) is 4.75. The zero-order chi connectivity index (χ0) is 15.5. The van der Waals surface area contributed by atoms with Gasteiger partial charge in [0.25, 0.3) is 5.91 Å². The predicted octanol–water partition coefficient (Wildman–Crippen LogP) is 4.45. The van der Waals surface area contributed by atoms with Crippen molar-refractivity contribution in [1.82, 2.24) is 9.88 Å². The number of amides is 1. The Morgan fingerprint density at radius 3 is 2.77 bits per heavy atom. The molecule has 1 N–H and O–H groups in total. The van der Waals surface area contributed by atoms with Crippen LogP contribution in [0.1, 0.15) is 42.4 Å². The maximum absolute atomic E-state index is 12.5. The van der Waals surface area contributed by atoms with Crippen LogP contribution in [0.5, 0.6) is 0 Å². The molecule has 3 aromatic rings. The van der Waals surface area contributed by atoms with Crippen molar-refractivity contribution in [3.8, 4) is 0 Å². The van der Waals surface area contributed by atoms with Gasteiger partial charge >= 0.3 is 0 Å². The second kappa shape index (κ2) is 6.36. The second-order valence-corrected chi connectivity index (χ2v) is 6.36. The van der Waals surface area contributed by atoms with Crippen molar-refractivity contribution < 1.29 is 4.79 Å². The maximum Gasteiger partial charge on any atom is 0.267 e. The fraction of sp³-hybridized carbons (Fsp3) is 0.278. The summed E-state index contributed by atoms with van der Waals surface area (Å²) < 4.78 is 3.30. The first-order valence-corrected chi connectivity index (χ1v) is 8.52. The van der Waals surface area contributed by atoms with Gasteiger partial charge in [-0.3, -0.25) is 4.79 Å². The minimum absolute atomic E-state index is 0.00744. The van der Waals surface area contributed by atoms with Crippen LogP contribution >= 0.6 is 11.3 Å². The minimum atomic E-state index is 0.00744. The number of fused-ring (bicyclic) bond motifs is 1. The lowest BCUT2D eigenvalue weighted by atomic mass is 10.1. The Kier molecular flexibility index (Phi) is 4.29. The molecular weight excluding hydrogens is 292 g/mol. The summed E-state index contributed by atoms with van der Waals surface area (Å²) >= 11 is 1.68. The van der Waals surface area contributed by atoms with Crippen LogP contribution in [0, 0.1) is 0 Å². The molecule has 0 unspecified atom stereocenters. The minimum Gasteiger partial charge on any atom is -0.351 e. The van der Waals surface area contributed by atoms with Gasteiger partial charge in [0.05, 0.1) is 16.3 Å². The largest absolute Gasteiger partial charge is 0.351 e. The third-order valence-electron chi connectivity index (χ3n) is 3.90. The number of hydrogen-bond acceptors (Lipinski definition) is 2. The molecule has 1 amide bonds. The summed E-state index contributed by atoms with van der Waals surface area (Å²) in [5.74, 6) is 0.00744. The van der Waals surface area contributed by atoms with Gasteiger partial charge in [-0.1, -0.05) is 37.3 Å². The summed E-state index contributed by atoms with van der Waals surface area (Å²) in [7, 11) is 0. The van der Waals surface area contributed by atoms with Crippen LogP contribution in [0.15, 0.2) is 47.8 Å². The summed E-state index contributed by atoms with van der Waals surface area (Å²) in [6.07, 6.45) is 0.940. The zero-order valence-electron chi connectivity index (χ0n) is 12.9. The van der Waals surface area contributed by atoms with Gasteiger partial charge in [-0.15, -0.1) is 11.3 Å². The molecule has 0 aliphatic heterocycles. The molecule has 3 nitrogen and oxygen atoms in total. The Bertz CT molecular complexity index is 773. The van der Waals surface area contributed by atoms with Crippen molar-refractivity contribution in [3.63, 3.8) is 0 Å². The van der Waals surface area contributed by atoms with Gasteiger partial charge in [0.1, 0.15) is 5.69 Å². The topological polar surface area (TPSA) is 34.0 Å². The fourth-order valence-corrected chi connectivity index (χ4v) is 3.56. The molecule has 22 heavy (non-hydrogen) atoms. The zero-order valence-corrected chi connectivity index (χ0v) is 13.7. The standard InChI is InChI=1S/C18H20N2OS/c1-3-10-19-18(21)16-12-17-15(9-11-22-17)20(16)13(2)14-7-5-4-6-8-14/h4-9,11-13H,3,10H2,1-2H3,(H,19,21)/t13-/m1/s1. The van der Waals surface area contributed by atoms with Crippen LogP contribution in [-0.2, 0) is 0 Å². The highest BCUT2D eigenvalue weighted by Crippen LogP contribution is 2.31. The first kappa shape index (κ1) is 14.9. The second-order valence-electron chi connectivity index (χ2n) is 5.41. The maximum atomic E-state index is 12.5. The van der Waals surface area contributed by atoms with Crippen LogP contribution in [0.3, 0.4) is 0 Å². The molecule has 1 atom stereocenters. The van der Waals surface area contributed by atoms with Crippen molar-refractivity contribution >= 4 is 27.5 Å². The number of rotatable bonds is 5. The summed E-state index contributed by atoms with van der Waals surface area (Å²) in [6.45, 7) is 4.91. The van der Waals surface area contributed by atoms with E-state index in [2.05, 4.69) is 47.3 Å². The molecule has 0 fully saturated rings. The SMILES string of the molecule is CCCNC(=O)c1cc2sccc2n1[C@H](C)c1ccccc1. The molecular formula is C18H20N2OS. The molecule has 0 bridgehead atoms. The van der Waals surface area contributed by atoms with Gasteiger partial charge in [0.2, 0.25) is 0 Å². The third kappa shape index (κ3) is 2.66. The van der Waals surface area contributed by atoms with Gasteiger partial charge in [-0.2, -0.15) is 0 Å². The molecule has 0 aliphatic carbocycles. The number of aromatic nitrogens is 1. The number of nitrogens with zero attached hydrogens (tertiary/aromatic N) is 1. The molecule has 2 aromatic heterocycles. The highest BCUT2D eigenvalue weighted by atomic mass is 32.1. The summed E-state index contributed by atoms with van der Waals surface area (Å²) in [4.78, 5) is 12.5. The molecule has 0 saturated heterocycles. The molecule has 0 spiro atoms. The van der Waals surface area contributed by atoms with E-state index in [1.54, 1.807) is 11.3 Å². The molecule has 0 aliphatic rings. The number of hydrogen-bond donors (Lipinski definition) is 1. The summed E-state index contributed by atoms with van der Waals surface area (Å²) in [5, 5.41) is 5.07. The summed E-state index contributed by atoms with van der Waals surface area (Å²) in [6, 6.07) is 14.5. The van der Waals surface area contributed by atoms with E-state index < -0.39 is 0 Å². The molecule has 4 heteroatoms. The van der Waals surface area contributed by atoms with Crippen molar-refractivity contribution in [2.45, 2.75) is 26.3 Å². The van der Waals surface area contributed by atoms with E-state index in [4.69, 9.17) is 0 Å². The van der Waals surface area contributed by atoms with Crippen LogP contribution in [0.4, 0.5) is 0 Å². The Labute approximate surface area is 134 Å². The molecule has 0 saturated carbocycles. The monoisotopic (exact) mass is 312 g/mol. The van der Waals surface area contributed by atoms with Gasteiger partial charge in [0, 0.05) is 6.54 Å². The number of nitrogens with one attached hydrogen (secondary N) is 1. The van der Waals surface area contributed by atoms with E-state index in [0.717, 1.165) is 22.3 Å². The highest BCUT2D eigenvalue weighted by Gasteiger charge is 2.20. The molecule has 114 valence electrons. The van der Waals surface area contributed by atoms with Gasteiger partial charge in [-0.25, -0.2) is 0 Å². The Hall–Kier alpha value is -2.07. The number of carbonyl (C=O) groups is 1. The molecule has 1 aromatic carbocycles. The Morgan fingerprint density at radius 2 is 2.05 bits per heavy atom. The van der Waals surface area contributed by atoms with E-state index in [9.17, 15) is 4.79 Å². The Balaban J connectivity index is 2.06. The van der Waals surface area contributed by atoms with Crippen molar-refractivity contribution in [2.24, 2.45) is 0 Å². The average Bonchev–Trinajstić information content (AvgIpc) is 3.13. The number of benzene rings is 1. The van der Waals surface area contributed by atoms with E-state index >= 15 is 0 Å². The van der Waals surface area contributed by atoms with E-state index in [0.29, 0.717) is 6.54 Å². The quantitative estimate of drug-likeness (QED) is 0.742. The highest BCUT2D eigenvalue weighted by molar-refractivity contribution is 7.17. The van der Waals surface area contributed by atoms with E-state index in [1.807, 2.05) is 24.3 Å². The van der Waals surface area contributed by atoms with Crippen LogP contribution in [0.25, 0.3) is 10.2 Å². The first-order valence-electron chi connectivity index (χ1n) is 7.64.